The number of ether oxygens (including phenoxy) is 1. The average molecular weight is 525 g/mol. The second-order valence-electron chi connectivity index (χ2n) is 10.4. The van der Waals surface area contributed by atoms with Crippen molar-refractivity contribution in [3.63, 3.8) is 0 Å². The molecule has 0 spiro atoms. The predicted molar refractivity (Wildman–Crippen MR) is 146 cm³/mol. The summed E-state index contributed by atoms with van der Waals surface area (Å²) in [6, 6.07) is 1.27. The van der Waals surface area contributed by atoms with E-state index in [0.29, 0.717) is 29.3 Å². The molecule has 4 heterocycles. The molecule has 198 valence electrons. The summed E-state index contributed by atoms with van der Waals surface area (Å²) in [6.07, 6.45) is 11.7. The van der Waals surface area contributed by atoms with Crippen LogP contribution in [0.3, 0.4) is 0 Å². The summed E-state index contributed by atoms with van der Waals surface area (Å²) in [5.74, 6) is -0.373. The number of carbonyl (C=O) groups excluding carboxylic acids is 2. The van der Waals surface area contributed by atoms with Crippen LogP contribution in [0.25, 0.3) is 11.0 Å². The van der Waals surface area contributed by atoms with Crippen LogP contribution < -0.4 is 10.6 Å². The average Bonchev–Trinajstić information content (AvgIpc) is 3.16. The van der Waals surface area contributed by atoms with Crippen molar-refractivity contribution in [2.45, 2.75) is 64.6 Å². The SMILES string of the molecule is CSC1=CC(C)=NC(=O)C1CNC(=O)c1c(C)n([C@H](C)C2CCC(NC3COC3)CC2)c2ncncc12. The zero-order valence-electron chi connectivity index (χ0n) is 22.0. The van der Waals surface area contributed by atoms with Gasteiger partial charge in [-0.2, -0.15) is 0 Å². The summed E-state index contributed by atoms with van der Waals surface area (Å²) in [7, 11) is 0. The molecule has 1 saturated carbocycles. The first-order valence-corrected chi connectivity index (χ1v) is 14.4. The monoisotopic (exact) mass is 524 g/mol. The van der Waals surface area contributed by atoms with E-state index in [4.69, 9.17) is 4.74 Å². The molecule has 2 fully saturated rings. The first-order valence-electron chi connectivity index (χ1n) is 13.1. The molecule has 2 aromatic heterocycles. The van der Waals surface area contributed by atoms with Crippen LogP contribution >= 0.6 is 11.8 Å². The Kier molecular flexibility index (Phi) is 7.78. The van der Waals surface area contributed by atoms with Gasteiger partial charge in [0.05, 0.1) is 36.1 Å². The number of hydrogen-bond acceptors (Lipinski definition) is 7. The largest absolute Gasteiger partial charge is 0.378 e. The zero-order valence-corrected chi connectivity index (χ0v) is 22.8. The lowest BCUT2D eigenvalue weighted by molar-refractivity contribution is -0.120. The topological polar surface area (TPSA) is 110 Å². The van der Waals surface area contributed by atoms with Gasteiger partial charge in [-0.15, -0.1) is 11.8 Å². The van der Waals surface area contributed by atoms with E-state index in [0.717, 1.165) is 60.5 Å². The molecular formula is C27H36N6O3S. The van der Waals surface area contributed by atoms with Crippen molar-refractivity contribution in [1.29, 1.82) is 0 Å². The molecule has 0 bridgehead atoms. The van der Waals surface area contributed by atoms with Gasteiger partial charge < -0.3 is 19.9 Å². The highest BCUT2D eigenvalue weighted by Crippen LogP contribution is 2.37. The quantitative estimate of drug-likeness (QED) is 0.544. The van der Waals surface area contributed by atoms with Crippen molar-refractivity contribution in [3.8, 4) is 0 Å². The number of amides is 2. The minimum Gasteiger partial charge on any atom is -0.378 e. The summed E-state index contributed by atoms with van der Waals surface area (Å²) >= 11 is 1.52. The highest BCUT2D eigenvalue weighted by Gasteiger charge is 2.32. The van der Waals surface area contributed by atoms with Gasteiger partial charge in [-0.05, 0) is 64.7 Å². The summed E-state index contributed by atoms with van der Waals surface area (Å²) < 4.78 is 7.52. The van der Waals surface area contributed by atoms with Crippen LogP contribution in [-0.4, -0.2) is 70.2 Å². The number of aliphatic imine (C=N–C) groups is 1. The lowest BCUT2D eigenvalue weighted by Crippen LogP contribution is -2.51. The van der Waals surface area contributed by atoms with Crippen LogP contribution in [0.4, 0.5) is 0 Å². The van der Waals surface area contributed by atoms with Gasteiger partial charge in [-0.25, -0.2) is 15.0 Å². The Balaban J connectivity index is 1.33. The minimum absolute atomic E-state index is 0.204. The number of aromatic nitrogens is 3. The second-order valence-corrected chi connectivity index (χ2v) is 11.3. The van der Waals surface area contributed by atoms with Crippen molar-refractivity contribution >= 4 is 40.3 Å². The van der Waals surface area contributed by atoms with Gasteiger partial charge in [-0.3, -0.25) is 9.59 Å². The molecular weight excluding hydrogens is 488 g/mol. The lowest BCUT2D eigenvalue weighted by atomic mass is 9.81. The van der Waals surface area contributed by atoms with E-state index in [2.05, 4.69) is 37.1 Å². The van der Waals surface area contributed by atoms with Crippen molar-refractivity contribution in [3.05, 3.63) is 34.8 Å². The maximum atomic E-state index is 13.5. The fourth-order valence-electron chi connectivity index (χ4n) is 5.98. The minimum atomic E-state index is -0.457. The number of rotatable bonds is 8. The Morgan fingerprint density at radius 1 is 1.22 bits per heavy atom. The van der Waals surface area contributed by atoms with E-state index in [1.54, 1.807) is 12.5 Å². The van der Waals surface area contributed by atoms with Gasteiger partial charge in [0.1, 0.15) is 12.0 Å². The number of dihydropyridines is 1. The molecule has 5 rings (SSSR count). The van der Waals surface area contributed by atoms with Crippen molar-refractivity contribution in [1.82, 2.24) is 25.2 Å². The fourth-order valence-corrected chi connectivity index (χ4v) is 6.74. The number of carbonyl (C=O) groups is 2. The zero-order chi connectivity index (χ0) is 26.1. The lowest BCUT2D eigenvalue weighted by Gasteiger charge is -2.37. The van der Waals surface area contributed by atoms with Crippen LogP contribution in [0.15, 0.2) is 28.5 Å². The normalized spacial score (nSPS) is 25.4. The Labute approximate surface area is 221 Å². The molecule has 2 amide bonds. The molecule has 0 radical (unpaired) electrons. The van der Waals surface area contributed by atoms with E-state index in [1.165, 1.54) is 11.8 Å². The first kappa shape index (κ1) is 26.1. The standard InChI is InChI=1S/C27H36N6O3S/c1-15-9-23(37-4)21(26(34)31-15)11-29-27(35)24-17(3)33(25-22(24)10-28-14-30-25)16(2)18-5-7-19(8-6-18)32-20-12-36-13-20/h9-10,14,16,18-21,32H,5-8,11-13H2,1-4H3,(H,29,35)/t16-,18?,19?,21?/m1/s1. The number of nitrogens with one attached hydrogen (secondary N) is 2. The van der Waals surface area contributed by atoms with E-state index in [9.17, 15) is 9.59 Å². The van der Waals surface area contributed by atoms with Gasteiger partial charge in [-0.1, -0.05) is 0 Å². The maximum absolute atomic E-state index is 13.5. The van der Waals surface area contributed by atoms with Gasteiger partial charge in [0, 0.05) is 41.1 Å². The van der Waals surface area contributed by atoms with E-state index >= 15 is 0 Å². The molecule has 2 N–H and O–H groups in total. The third-order valence-corrected chi connectivity index (χ3v) is 8.97. The Bertz CT molecular complexity index is 1240. The van der Waals surface area contributed by atoms with E-state index < -0.39 is 5.92 Å². The highest BCUT2D eigenvalue weighted by atomic mass is 32.2. The van der Waals surface area contributed by atoms with Gasteiger partial charge >= 0.3 is 0 Å². The van der Waals surface area contributed by atoms with Crippen molar-refractivity contribution in [2.24, 2.45) is 16.8 Å². The van der Waals surface area contributed by atoms with Crippen LogP contribution in [0.1, 0.15) is 61.6 Å². The van der Waals surface area contributed by atoms with Crippen LogP contribution in [0.2, 0.25) is 0 Å². The Morgan fingerprint density at radius 3 is 2.65 bits per heavy atom. The molecule has 1 saturated heterocycles. The first-order chi connectivity index (χ1) is 17.9. The van der Waals surface area contributed by atoms with Crippen molar-refractivity contribution in [2.75, 3.05) is 26.0 Å². The molecule has 2 aromatic rings. The van der Waals surface area contributed by atoms with E-state index in [-0.39, 0.29) is 24.4 Å². The summed E-state index contributed by atoms with van der Waals surface area (Å²) in [5, 5.41) is 7.48. The Hall–Kier alpha value is -2.56. The third kappa shape index (κ3) is 5.24. The number of allylic oxidation sites excluding steroid dienone is 1. The molecule has 2 atom stereocenters. The number of fused-ring (bicyclic) bond motifs is 1. The van der Waals surface area contributed by atoms with Crippen molar-refractivity contribution < 1.29 is 14.3 Å². The number of hydrogen-bond donors (Lipinski definition) is 2. The molecule has 2 aliphatic heterocycles. The van der Waals surface area contributed by atoms with Gasteiger partial charge in [0.25, 0.3) is 11.8 Å². The van der Waals surface area contributed by atoms with Crippen LogP contribution in [0, 0.1) is 18.8 Å². The molecule has 1 aliphatic carbocycles. The van der Waals surface area contributed by atoms with Gasteiger partial charge in [0.15, 0.2) is 0 Å². The molecule has 10 heteroatoms. The van der Waals surface area contributed by atoms with Crippen LogP contribution in [-0.2, 0) is 9.53 Å². The highest BCUT2D eigenvalue weighted by molar-refractivity contribution is 8.02. The van der Waals surface area contributed by atoms with E-state index in [1.807, 2.05) is 26.2 Å². The summed E-state index contributed by atoms with van der Waals surface area (Å²) in [5.41, 5.74) is 2.96. The molecule has 9 nitrogen and oxygen atoms in total. The fraction of sp³-hybridized carbons (Fsp3) is 0.593. The third-order valence-electron chi connectivity index (χ3n) is 8.09. The van der Waals surface area contributed by atoms with Gasteiger partial charge in [0.2, 0.25) is 0 Å². The molecule has 37 heavy (non-hydrogen) atoms. The molecule has 3 aliphatic rings. The smallest absolute Gasteiger partial charge is 0.255 e. The summed E-state index contributed by atoms with van der Waals surface area (Å²) in [4.78, 5) is 39.9. The maximum Gasteiger partial charge on any atom is 0.255 e. The number of thioether (sulfide) groups is 1. The molecule has 0 aromatic carbocycles. The second kappa shape index (κ2) is 11.0. The van der Waals surface area contributed by atoms with Crippen LogP contribution in [0.5, 0.6) is 0 Å². The summed E-state index contributed by atoms with van der Waals surface area (Å²) in [6.45, 7) is 7.90. The number of nitrogens with zero attached hydrogens (tertiary/aromatic N) is 4. The predicted octanol–water partition coefficient (Wildman–Crippen LogP) is 3.44. The molecule has 1 unspecified atom stereocenters. The Morgan fingerprint density at radius 2 is 1.97 bits per heavy atom.